The van der Waals surface area contributed by atoms with Crippen LogP contribution in [0.15, 0.2) is 57.7 Å². The molecular formula is C24H26ClN2O3+. The molecule has 2 aromatic carbocycles. The van der Waals surface area contributed by atoms with Gasteiger partial charge in [-0.2, -0.15) is 0 Å². The van der Waals surface area contributed by atoms with Crippen molar-refractivity contribution in [1.82, 2.24) is 4.90 Å². The van der Waals surface area contributed by atoms with Crippen LogP contribution in [0.2, 0.25) is 5.02 Å². The second kappa shape index (κ2) is 8.62. The summed E-state index contributed by atoms with van der Waals surface area (Å²) in [7, 11) is 0. The molecule has 0 spiro atoms. The Kier molecular flexibility index (Phi) is 5.93. The van der Waals surface area contributed by atoms with Crippen LogP contribution >= 0.6 is 11.6 Å². The van der Waals surface area contributed by atoms with Gasteiger partial charge in [0.05, 0.1) is 36.6 Å². The fourth-order valence-electron chi connectivity index (χ4n) is 4.31. The molecule has 1 N–H and O–H groups in total. The lowest BCUT2D eigenvalue weighted by Gasteiger charge is -2.26. The Morgan fingerprint density at radius 2 is 1.80 bits per heavy atom. The summed E-state index contributed by atoms with van der Waals surface area (Å²) in [5.41, 5.74) is 1.52. The van der Waals surface area contributed by atoms with Crippen LogP contribution in [0.3, 0.4) is 0 Å². The molecule has 5 nitrogen and oxygen atoms in total. The fraction of sp³-hybridized carbons (Fsp3) is 0.333. The van der Waals surface area contributed by atoms with E-state index >= 15 is 0 Å². The minimum Gasteiger partial charge on any atom is -0.450 e. The summed E-state index contributed by atoms with van der Waals surface area (Å²) in [6.07, 6.45) is 0.861. The summed E-state index contributed by atoms with van der Waals surface area (Å²) in [5.74, 6) is -0.0683. The Bertz CT molecular complexity index is 1120. The summed E-state index contributed by atoms with van der Waals surface area (Å²) >= 11 is 6.12. The number of carbonyl (C=O) groups excluding carboxylic acids is 1. The van der Waals surface area contributed by atoms with Crippen molar-refractivity contribution in [3.63, 3.8) is 0 Å². The van der Waals surface area contributed by atoms with Crippen LogP contribution in [0.4, 0.5) is 0 Å². The minimum atomic E-state index is -0.444. The predicted octanol–water partition coefficient (Wildman–Crippen LogP) is 3.31. The van der Waals surface area contributed by atoms with E-state index in [1.807, 2.05) is 30.3 Å². The highest BCUT2D eigenvalue weighted by atomic mass is 35.5. The van der Waals surface area contributed by atoms with E-state index in [4.69, 9.17) is 16.0 Å². The van der Waals surface area contributed by atoms with E-state index in [1.54, 1.807) is 23.1 Å². The van der Waals surface area contributed by atoms with Crippen molar-refractivity contribution < 1.29 is 14.1 Å². The maximum Gasteiger partial charge on any atom is 0.290 e. The van der Waals surface area contributed by atoms with Gasteiger partial charge in [0.15, 0.2) is 5.43 Å². The largest absolute Gasteiger partial charge is 0.450 e. The number of halogens is 1. The first-order valence-corrected chi connectivity index (χ1v) is 10.9. The summed E-state index contributed by atoms with van der Waals surface area (Å²) in [6, 6.07) is 14.2. The number of nitrogens with zero attached hydrogens (tertiary/aromatic N) is 1. The highest BCUT2D eigenvalue weighted by molar-refractivity contribution is 6.31. The molecule has 0 saturated heterocycles. The second-order valence-electron chi connectivity index (χ2n) is 7.69. The molecule has 1 amide bonds. The van der Waals surface area contributed by atoms with Crippen LogP contribution in [-0.4, -0.2) is 37.0 Å². The molecule has 0 fully saturated rings. The van der Waals surface area contributed by atoms with Crippen LogP contribution in [0.5, 0.6) is 0 Å². The lowest BCUT2D eigenvalue weighted by Crippen LogP contribution is -3.11. The number of rotatable bonds is 7. The van der Waals surface area contributed by atoms with Crippen LogP contribution < -0.4 is 10.3 Å². The van der Waals surface area contributed by atoms with Gasteiger partial charge in [0.2, 0.25) is 5.76 Å². The first-order chi connectivity index (χ1) is 14.5. The SMILES string of the molecule is CC[NH+](CC)CCCN1C(=O)c2oc3ccc(Cl)cc3c(=O)c2[C@H]1c1ccccc1. The molecule has 1 aliphatic rings. The average Bonchev–Trinajstić information content (AvgIpc) is 3.04. The van der Waals surface area contributed by atoms with Crippen LogP contribution in [0.25, 0.3) is 11.0 Å². The van der Waals surface area contributed by atoms with Gasteiger partial charge < -0.3 is 14.2 Å². The van der Waals surface area contributed by atoms with Crippen molar-refractivity contribution in [2.75, 3.05) is 26.2 Å². The van der Waals surface area contributed by atoms with Crippen LogP contribution in [-0.2, 0) is 0 Å². The van der Waals surface area contributed by atoms with E-state index in [0.717, 1.165) is 31.6 Å². The molecule has 4 rings (SSSR count). The third kappa shape index (κ3) is 3.64. The number of amides is 1. The second-order valence-corrected chi connectivity index (χ2v) is 8.12. The summed E-state index contributed by atoms with van der Waals surface area (Å²) < 4.78 is 5.95. The number of hydrogen-bond acceptors (Lipinski definition) is 3. The van der Waals surface area contributed by atoms with E-state index in [2.05, 4.69) is 13.8 Å². The van der Waals surface area contributed by atoms with Crippen molar-refractivity contribution in [3.8, 4) is 0 Å². The zero-order valence-corrected chi connectivity index (χ0v) is 18.0. The Morgan fingerprint density at radius 1 is 1.07 bits per heavy atom. The lowest BCUT2D eigenvalue weighted by atomic mass is 9.98. The van der Waals surface area contributed by atoms with E-state index in [-0.39, 0.29) is 17.1 Å². The molecule has 0 unspecified atom stereocenters. The summed E-state index contributed by atoms with van der Waals surface area (Å²) in [6.45, 7) is 8.00. The van der Waals surface area contributed by atoms with Crippen molar-refractivity contribution in [3.05, 3.63) is 80.7 Å². The molecule has 156 valence electrons. The maximum absolute atomic E-state index is 13.4. The molecular weight excluding hydrogens is 400 g/mol. The van der Waals surface area contributed by atoms with Crippen LogP contribution in [0, 0.1) is 0 Å². The number of carbonyl (C=O) groups is 1. The van der Waals surface area contributed by atoms with Crippen molar-refractivity contribution >= 4 is 28.5 Å². The predicted molar refractivity (Wildman–Crippen MR) is 118 cm³/mol. The van der Waals surface area contributed by atoms with Gasteiger partial charge in [0.25, 0.3) is 5.91 Å². The highest BCUT2D eigenvalue weighted by Gasteiger charge is 2.42. The molecule has 6 heteroatoms. The molecule has 0 aliphatic carbocycles. The zero-order chi connectivity index (χ0) is 21.3. The van der Waals surface area contributed by atoms with Gasteiger partial charge in [-0.05, 0) is 37.6 Å². The van der Waals surface area contributed by atoms with E-state index in [0.29, 0.717) is 28.1 Å². The molecule has 0 bridgehead atoms. The lowest BCUT2D eigenvalue weighted by molar-refractivity contribution is -0.896. The van der Waals surface area contributed by atoms with E-state index in [1.165, 1.54) is 4.90 Å². The van der Waals surface area contributed by atoms with Gasteiger partial charge in [0, 0.05) is 18.0 Å². The molecule has 1 aliphatic heterocycles. The van der Waals surface area contributed by atoms with E-state index in [9.17, 15) is 9.59 Å². The fourth-order valence-corrected chi connectivity index (χ4v) is 4.48. The van der Waals surface area contributed by atoms with Crippen molar-refractivity contribution in [2.45, 2.75) is 26.3 Å². The van der Waals surface area contributed by atoms with Crippen LogP contribution in [0.1, 0.15) is 48.0 Å². The Morgan fingerprint density at radius 3 is 2.50 bits per heavy atom. The molecule has 30 heavy (non-hydrogen) atoms. The third-order valence-electron chi connectivity index (χ3n) is 5.97. The quantitative estimate of drug-likeness (QED) is 0.631. The first kappa shape index (κ1) is 20.6. The monoisotopic (exact) mass is 425 g/mol. The number of benzene rings is 2. The Balaban J connectivity index is 1.79. The number of fused-ring (bicyclic) bond motifs is 2. The molecule has 0 radical (unpaired) electrons. The van der Waals surface area contributed by atoms with Crippen molar-refractivity contribution in [1.29, 1.82) is 0 Å². The van der Waals surface area contributed by atoms with Gasteiger partial charge in [0.1, 0.15) is 5.58 Å². The highest BCUT2D eigenvalue weighted by Crippen LogP contribution is 2.38. The maximum atomic E-state index is 13.4. The summed E-state index contributed by atoms with van der Waals surface area (Å²) in [4.78, 5) is 30.0. The van der Waals surface area contributed by atoms with Crippen molar-refractivity contribution in [2.24, 2.45) is 0 Å². The number of quaternary nitrogens is 1. The molecule has 0 saturated carbocycles. The molecule has 1 aromatic heterocycles. The standard InChI is InChI=1S/C24H25ClN2O3/c1-3-26(4-2)13-8-14-27-21(16-9-6-5-7-10-16)20-22(28)18-15-17(25)11-12-19(18)30-23(20)24(27)29/h5-7,9-12,15,21H,3-4,8,13-14H2,1-2H3/p+1/t21-/m1/s1. The number of hydrogen-bond donors (Lipinski definition) is 1. The Labute approximate surface area is 180 Å². The molecule has 1 atom stereocenters. The molecule has 2 heterocycles. The zero-order valence-electron chi connectivity index (χ0n) is 17.3. The van der Waals surface area contributed by atoms with Gasteiger partial charge in [-0.1, -0.05) is 41.9 Å². The van der Waals surface area contributed by atoms with Gasteiger partial charge in [-0.15, -0.1) is 0 Å². The minimum absolute atomic E-state index is 0.152. The summed E-state index contributed by atoms with van der Waals surface area (Å²) in [5, 5.41) is 0.874. The Hall–Kier alpha value is -2.63. The molecule has 3 aromatic rings. The number of nitrogens with one attached hydrogen (secondary N) is 1. The van der Waals surface area contributed by atoms with Gasteiger partial charge in [-0.25, -0.2) is 0 Å². The smallest absolute Gasteiger partial charge is 0.290 e. The topological polar surface area (TPSA) is 55.0 Å². The van der Waals surface area contributed by atoms with E-state index < -0.39 is 6.04 Å². The normalized spacial score (nSPS) is 15.9. The van der Waals surface area contributed by atoms with Gasteiger partial charge >= 0.3 is 0 Å². The first-order valence-electron chi connectivity index (χ1n) is 10.5. The average molecular weight is 426 g/mol. The van der Waals surface area contributed by atoms with Gasteiger partial charge in [-0.3, -0.25) is 9.59 Å². The third-order valence-corrected chi connectivity index (χ3v) is 6.21.